The predicted molar refractivity (Wildman–Crippen MR) is 67.6 cm³/mol. The van der Waals surface area contributed by atoms with E-state index in [1.807, 2.05) is 24.3 Å². The second-order valence-electron chi connectivity index (χ2n) is 4.40. The number of nitrogens with one attached hydrogen (secondary N) is 1. The second kappa shape index (κ2) is 5.18. The van der Waals surface area contributed by atoms with E-state index in [0.717, 1.165) is 11.3 Å². The van der Waals surface area contributed by atoms with Crippen molar-refractivity contribution in [1.29, 1.82) is 0 Å². The molecule has 1 aliphatic heterocycles. The van der Waals surface area contributed by atoms with Crippen LogP contribution in [0.5, 0.6) is 0 Å². The number of hydrogen-bond donors (Lipinski definition) is 2. The molecular formula is C13H16N2O3. The summed E-state index contributed by atoms with van der Waals surface area (Å²) in [6.45, 7) is 0.452. The van der Waals surface area contributed by atoms with Crippen LogP contribution < -0.4 is 10.2 Å². The monoisotopic (exact) mass is 248 g/mol. The molecule has 5 nitrogen and oxygen atoms in total. The van der Waals surface area contributed by atoms with Gasteiger partial charge < -0.3 is 15.3 Å². The highest BCUT2D eigenvalue weighted by molar-refractivity contribution is 5.97. The molecule has 1 heterocycles. The van der Waals surface area contributed by atoms with E-state index in [2.05, 4.69) is 5.32 Å². The summed E-state index contributed by atoms with van der Waals surface area (Å²) >= 11 is 0. The van der Waals surface area contributed by atoms with Crippen molar-refractivity contribution in [1.82, 2.24) is 5.32 Å². The lowest BCUT2D eigenvalue weighted by molar-refractivity contribution is -0.141. The molecule has 1 aliphatic rings. The average Bonchev–Trinajstić information content (AvgIpc) is 2.37. The van der Waals surface area contributed by atoms with E-state index in [0.29, 0.717) is 6.42 Å². The summed E-state index contributed by atoms with van der Waals surface area (Å²) in [6, 6.07) is 7.47. The largest absolute Gasteiger partial charge is 0.481 e. The summed E-state index contributed by atoms with van der Waals surface area (Å²) < 4.78 is 0. The maximum atomic E-state index is 12.0. The highest BCUT2D eigenvalue weighted by atomic mass is 16.4. The van der Waals surface area contributed by atoms with Crippen molar-refractivity contribution in [2.75, 3.05) is 25.0 Å². The Morgan fingerprint density at radius 2 is 2.17 bits per heavy atom. The zero-order valence-corrected chi connectivity index (χ0v) is 10.2. The van der Waals surface area contributed by atoms with Crippen LogP contribution >= 0.6 is 0 Å². The molecule has 2 N–H and O–H groups in total. The Balaban J connectivity index is 2.33. The number of likely N-dealkylation sites (N-methyl/N-ethyl adjacent to an activating group) is 1. The molecule has 0 spiro atoms. The molecule has 1 aromatic carbocycles. The van der Waals surface area contributed by atoms with Gasteiger partial charge in [-0.1, -0.05) is 18.2 Å². The number of hydrogen-bond acceptors (Lipinski definition) is 3. The van der Waals surface area contributed by atoms with Crippen LogP contribution in [0.4, 0.5) is 5.69 Å². The summed E-state index contributed by atoms with van der Waals surface area (Å²) in [4.78, 5) is 24.7. The van der Waals surface area contributed by atoms with Crippen molar-refractivity contribution in [2.45, 2.75) is 6.42 Å². The number of carboxylic acids is 1. The van der Waals surface area contributed by atoms with Crippen molar-refractivity contribution in [3.63, 3.8) is 0 Å². The Labute approximate surface area is 105 Å². The number of carboxylic acid groups (broad SMARTS) is 1. The minimum absolute atomic E-state index is 0.101. The first-order valence-electron chi connectivity index (χ1n) is 5.89. The van der Waals surface area contributed by atoms with Crippen LogP contribution in [0, 0.1) is 5.92 Å². The Kier molecular flexibility index (Phi) is 3.62. The fraction of sp³-hybridized carbons (Fsp3) is 0.385. The summed E-state index contributed by atoms with van der Waals surface area (Å²) in [5, 5.41) is 11.9. The van der Waals surface area contributed by atoms with E-state index in [1.165, 1.54) is 0 Å². The third-order valence-corrected chi connectivity index (χ3v) is 3.13. The molecule has 0 radical (unpaired) electrons. The van der Waals surface area contributed by atoms with Gasteiger partial charge in [-0.2, -0.15) is 0 Å². The third-order valence-electron chi connectivity index (χ3n) is 3.13. The molecule has 5 heteroatoms. The highest BCUT2D eigenvalue weighted by Gasteiger charge is 2.31. The molecule has 0 aromatic heterocycles. The first-order chi connectivity index (χ1) is 8.63. The SMILES string of the molecule is CNCC(=O)N1CC(C(=O)O)Cc2ccccc21. The fourth-order valence-corrected chi connectivity index (χ4v) is 2.24. The lowest BCUT2D eigenvalue weighted by atomic mass is 9.92. The highest BCUT2D eigenvalue weighted by Crippen LogP contribution is 2.29. The molecule has 0 fully saturated rings. The Hall–Kier alpha value is -1.88. The molecular weight excluding hydrogens is 232 g/mol. The number of aliphatic carboxylic acids is 1. The van der Waals surface area contributed by atoms with E-state index >= 15 is 0 Å². The van der Waals surface area contributed by atoms with Gasteiger partial charge in [-0.25, -0.2) is 0 Å². The first-order valence-corrected chi connectivity index (χ1v) is 5.89. The molecule has 0 bridgehead atoms. The lowest BCUT2D eigenvalue weighted by Crippen LogP contribution is -2.45. The number of anilines is 1. The minimum Gasteiger partial charge on any atom is -0.481 e. The molecule has 1 atom stereocenters. The Bertz CT molecular complexity index is 473. The quantitative estimate of drug-likeness (QED) is 0.817. The third kappa shape index (κ3) is 2.36. The van der Waals surface area contributed by atoms with Gasteiger partial charge in [0.25, 0.3) is 0 Å². The van der Waals surface area contributed by atoms with Gasteiger partial charge in [-0.3, -0.25) is 9.59 Å². The number of nitrogens with zero attached hydrogens (tertiary/aromatic N) is 1. The first kappa shape index (κ1) is 12.6. The molecule has 1 aromatic rings. The summed E-state index contributed by atoms with van der Waals surface area (Å²) in [7, 11) is 1.70. The number of rotatable bonds is 3. The maximum Gasteiger partial charge on any atom is 0.308 e. The summed E-state index contributed by atoms with van der Waals surface area (Å²) in [6.07, 6.45) is 0.481. The number of amides is 1. The van der Waals surface area contributed by atoms with E-state index in [-0.39, 0.29) is 19.0 Å². The second-order valence-corrected chi connectivity index (χ2v) is 4.40. The van der Waals surface area contributed by atoms with Crippen LogP contribution in [0.2, 0.25) is 0 Å². The number of benzene rings is 1. The van der Waals surface area contributed by atoms with Crippen molar-refractivity contribution in [3.05, 3.63) is 29.8 Å². The van der Waals surface area contributed by atoms with Gasteiger partial charge in [0.15, 0.2) is 0 Å². The van der Waals surface area contributed by atoms with Crippen LogP contribution in [0.25, 0.3) is 0 Å². The van der Waals surface area contributed by atoms with Crippen molar-refractivity contribution in [2.24, 2.45) is 5.92 Å². The van der Waals surface area contributed by atoms with Crippen molar-refractivity contribution < 1.29 is 14.7 Å². The standard InChI is InChI=1S/C13H16N2O3/c1-14-7-12(16)15-8-10(13(17)18)6-9-4-2-3-5-11(9)15/h2-5,10,14H,6-8H2,1H3,(H,17,18). The van der Waals surface area contributed by atoms with Crippen LogP contribution in [0.1, 0.15) is 5.56 Å². The average molecular weight is 248 g/mol. The zero-order valence-electron chi connectivity index (χ0n) is 10.2. The number of para-hydroxylation sites is 1. The topological polar surface area (TPSA) is 69.6 Å². The van der Waals surface area contributed by atoms with Gasteiger partial charge >= 0.3 is 5.97 Å². The van der Waals surface area contributed by atoms with Crippen molar-refractivity contribution >= 4 is 17.6 Å². The summed E-state index contributed by atoms with van der Waals surface area (Å²) in [5.74, 6) is -1.48. The van der Waals surface area contributed by atoms with Crippen LogP contribution in [0.15, 0.2) is 24.3 Å². The smallest absolute Gasteiger partial charge is 0.308 e. The van der Waals surface area contributed by atoms with Gasteiger partial charge in [0.05, 0.1) is 12.5 Å². The molecule has 1 amide bonds. The number of fused-ring (bicyclic) bond motifs is 1. The van der Waals surface area contributed by atoms with Gasteiger partial charge in [-0.05, 0) is 25.1 Å². The van der Waals surface area contributed by atoms with Gasteiger partial charge in [-0.15, -0.1) is 0 Å². The van der Waals surface area contributed by atoms with E-state index in [1.54, 1.807) is 11.9 Å². The number of carbonyl (C=O) groups is 2. The summed E-state index contributed by atoms with van der Waals surface area (Å²) in [5.41, 5.74) is 1.75. The van der Waals surface area contributed by atoms with E-state index < -0.39 is 11.9 Å². The molecule has 96 valence electrons. The van der Waals surface area contributed by atoms with Crippen LogP contribution in [-0.4, -0.2) is 37.1 Å². The van der Waals surface area contributed by atoms with Gasteiger partial charge in [0.2, 0.25) is 5.91 Å². The normalized spacial score (nSPS) is 18.3. The maximum absolute atomic E-state index is 12.0. The zero-order chi connectivity index (χ0) is 13.1. The number of carbonyl (C=O) groups excluding carboxylic acids is 1. The molecule has 2 rings (SSSR count). The molecule has 0 aliphatic carbocycles. The fourth-order valence-electron chi connectivity index (χ4n) is 2.24. The molecule has 0 saturated carbocycles. The Morgan fingerprint density at radius 3 is 2.83 bits per heavy atom. The predicted octanol–water partition coefficient (Wildman–Crippen LogP) is 0.496. The minimum atomic E-state index is -0.855. The van der Waals surface area contributed by atoms with Crippen LogP contribution in [-0.2, 0) is 16.0 Å². The van der Waals surface area contributed by atoms with Crippen molar-refractivity contribution in [3.8, 4) is 0 Å². The molecule has 1 unspecified atom stereocenters. The van der Waals surface area contributed by atoms with Gasteiger partial charge in [0, 0.05) is 12.2 Å². The lowest BCUT2D eigenvalue weighted by Gasteiger charge is -2.32. The van der Waals surface area contributed by atoms with E-state index in [9.17, 15) is 9.59 Å². The van der Waals surface area contributed by atoms with E-state index in [4.69, 9.17) is 5.11 Å². The van der Waals surface area contributed by atoms with Crippen LogP contribution in [0.3, 0.4) is 0 Å². The van der Waals surface area contributed by atoms with Gasteiger partial charge in [0.1, 0.15) is 0 Å². The Morgan fingerprint density at radius 1 is 1.44 bits per heavy atom. The molecule has 0 saturated heterocycles. The molecule has 18 heavy (non-hydrogen) atoms.